The summed E-state index contributed by atoms with van der Waals surface area (Å²) in [7, 11) is 3.56. The summed E-state index contributed by atoms with van der Waals surface area (Å²) >= 11 is 1.28. The van der Waals surface area contributed by atoms with Crippen LogP contribution in [0.1, 0.15) is 30.1 Å². The van der Waals surface area contributed by atoms with Crippen molar-refractivity contribution in [3.8, 4) is 0 Å². The quantitative estimate of drug-likeness (QED) is 0.853. The Hall–Kier alpha value is -1.17. The van der Waals surface area contributed by atoms with Gasteiger partial charge in [0.2, 0.25) is 10.1 Å². The number of nitrogens with zero attached hydrogens (tertiary/aromatic N) is 3. The van der Waals surface area contributed by atoms with E-state index >= 15 is 0 Å². The van der Waals surface area contributed by atoms with E-state index < -0.39 is 0 Å². The van der Waals surface area contributed by atoms with Crippen LogP contribution in [0.15, 0.2) is 0 Å². The Balaban J connectivity index is 2.56. The Bertz CT molecular complexity index is 350. The van der Waals surface area contributed by atoms with Crippen LogP contribution in [0.4, 0.5) is 5.13 Å². The number of hydrogen-bond donors (Lipinski definition) is 1. The summed E-state index contributed by atoms with van der Waals surface area (Å²) in [5.74, 6) is 0.539. The van der Waals surface area contributed by atoms with Crippen molar-refractivity contribution in [1.29, 1.82) is 0 Å². The molecule has 1 N–H and O–H groups in total. The molecule has 0 saturated carbocycles. The Morgan fingerprint density at radius 2 is 2.19 bits per heavy atom. The van der Waals surface area contributed by atoms with Crippen LogP contribution in [-0.4, -0.2) is 41.6 Å². The molecule has 90 valence electrons. The molecular formula is C10H18N4OS. The monoisotopic (exact) mass is 242 g/mol. The minimum absolute atomic E-state index is 0.0559. The van der Waals surface area contributed by atoms with Gasteiger partial charge < -0.3 is 10.2 Å². The average molecular weight is 242 g/mol. The van der Waals surface area contributed by atoms with Crippen molar-refractivity contribution in [2.24, 2.45) is 5.92 Å². The first-order valence-corrected chi connectivity index (χ1v) is 6.13. The SMILES string of the molecule is CNc1nnc(C(=O)N(C)CCC(C)C)s1. The zero-order valence-electron chi connectivity index (χ0n) is 10.1. The molecule has 0 aliphatic rings. The van der Waals surface area contributed by atoms with Gasteiger partial charge in [-0.25, -0.2) is 0 Å². The fourth-order valence-electron chi connectivity index (χ4n) is 1.13. The van der Waals surface area contributed by atoms with E-state index in [4.69, 9.17) is 0 Å². The lowest BCUT2D eigenvalue weighted by Crippen LogP contribution is -2.28. The lowest BCUT2D eigenvalue weighted by atomic mass is 10.1. The first-order valence-electron chi connectivity index (χ1n) is 5.31. The standard InChI is InChI=1S/C10H18N4OS/c1-7(2)5-6-14(4)9(15)8-12-13-10(11-3)16-8/h7H,5-6H2,1-4H3,(H,11,13). The van der Waals surface area contributed by atoms with E-state index in [1.807, 2.05) is 0 Å². The van der Waals surface area contributed by atoms with E-state index in [1.165, 1.54) is 11.3 Å². The molecular weight excluding hydrogens is 224 g/mol. The van der Waals surface area contributed by atoms with Gasteiger partial charge in [-0.05, 0) is 12.3 Å². The molecule has 1 amide bonds. The number of amides is 1. The van der Waals surface area contributed by atoms with Crippen LogP contribution in [0.3, 0.4) is 0 Å². The molecule has 6 heteroatoms. The molecule has 0 bridgehead atoms. The third-order valence-electron chi connectivity index (χ3n) is 2.21. The van der Waals surface area contributed by atoms with Gasteiger partial charge in [-0.15, -0.1) is 10.2 Å². The van der Waals surface area contributed by atoms with Crippen LogP contribution in [0.2, 0.25) is 0 Å². The number of carbonyl (C=O) groups excluding carboxylic acids is 1. The first kappa shape index (κ1) is 12.9. The van der Waals surface area contributed by atoms with Crippen molar-refractivity contribution in [3.63, 3.8) is 0 Å². The highest BCUT2D eigenvalue weighted by Crippen LogP contribution is 2.16. The van der Waals surface area contributed by atoms with Gasteiger partial charge in [-0.3, -0.25) is 4.79 Å². The van der Waals surface area contributed by atoms with E-state index in [0.717, 1.165) is 13.0 Å². The van der Waals surface area contributed by atoms with Crippen molar-refractivity contribution in [3.05, 3.63) is 5.01 Å². The maximum absolute atomic E-state index is 11.9. The Labute approximate surface area is 99.9 Å². The molecule has 0 aromatic carbocycles. The molecule has 16 heavy (non-hydrogen) atoms. The Morgan fingerprint density at radius 3 is 2.69 bits per heavy atom. The summed E-state index contributed by atoms with van der Waals surface area (Å²) in [5, 5.41) is 11.7. The first-order chi connectivity index (χ1) is 7.54. The van der Waals surface area contributed by atoms with E-state index in [9.17, 15) is 4.79 Å². The lowest BCUT2D eigenvalue weighted by Gasteiger charge is -2.16. The Morgan fingerprint density at radius 1 is 1.50 bits per heavy atom. The largest absolute Gasteiger partial charge is 0.363 e. The zero-order valence-corrected chi connectivity index (χ0v) is 11.0. The molecule has 0 saturated heterocycles. The molecule has 0 atom stereocenters. The summed E-state index contributed by atoms with van der Waals surface area (Å²) in [5.41, 5.74) is 0. The number of rotatable bonds is 5. The fourth-order valence-corrected chi connectivity index (χ4v) is 1.82. The predicted molar refractivity (Wildman–Crippen MR) is 65.9 cm³/mol. The Kier molecular flexibility index (Phi) is 4.67. The number of anilines is 1. The number of carbonyl (C=O) groups is 1. The maximum Gasteiger partial charge on any atom is 0.284 e. The van der Waals surface area contributed by atoms with Gasteiger partial charge in [0.05, 0.1) is 0 Å². The van der Waals surface area contributed by atoms with Gasteiger partial charge >= 0.3 is 0 Å². The van der Waals surface area contributed by atoms with Gasteiger partial charge in [0, 0.05) is 20.6 Å². The van der Waals surface area contributed by atoms with Crippen molar-refractivity contribution in [1.82, 2.24) is 15.1 Å². The van der Waals surface area contributed by atoms with Gasteiger partial charge in [-0.2, -0.15) is 0 Å². The number of hydrogen-bond acceptors (Lipinski definition) is 5. The van der Waals surface area contributed by atoms with Crippen molar-refractivity contribution in [2.45, 2.75) is 20.3 Å². The fraction of sp³-hybridized carbons (Fsp3) is 0.700. The van der Waals surface area contributed by atoms with Gasteiger partial charge in [0.25, 0.3) is 5.91 Å². The summed E-state index contributed by atoms with van der Waals surface area (Å²) in [6.07, 6.45) is 1.000. The van der Waals surface area contributed by atoms with Crippen LogP contribution in [0.5, 0.6) is 0 Å². The zero-order chi connectivity index (χ0) is 12.1. The smallest absolute Gasteiger partial charge is 0.284 e. The van der Waals surface area contributed by atoms with Crippen LogP contribution in [0, 0.1) is 5.92 Å². The minimum atomic E-state index is -0.0559. The molecule has 0 aliphatic carbocycles. The van der Waals surface area contributed by atoms with E-state index in [1.54, 1.807) is 19.0 Å². The van der Waals surface area contributed by atoms with Crippen molar-refractivity contribution >= 4 is 22.4 Å². The van der Waals surface area contributed by atoms with Crippen molar-refractivity contribution < 1.29 is 4.79 Å². The second kappa shape index (κ2) is 5.79. The average Bonchev–Trinajstić information content (AvgIpc) is 2.73. The molecule has 0 fully saturated rings. The van der Waals surface area contributed by atoms with E-state index in [-0.39, 0.29) is 5.91 Å². The molecule has 1 aromatic rings. The third kappa shape index (κ3) is 3.44. The minimum Gasteiger partial charge on any atom is -0.363 e. The molecule has 1 heterocycles. The summed E-state index contributed by atoms with van der Waals surface area (Å²) in [4.78, 5) is 13.6. The predicted octanol–water partition coefficient (Wildman–Crippen LogP) is 1.70. The second-order valence-corrected chi connectivity index (χ2v) is 5.05. The highest BCUT2D eigenvalue weighted by molar-refractivity contribution is 7.17. The molecule has 0 aliphatic heterocycles. The molecule has 5 nitrogen and oxygen atoms in total. The van der Waals surface area contributed by atoms with Gasteiger partial charge in [-0.1, -0.05) is 25.2 Å². The third-order valence-corrected chi connectivity index (χ3v) is 3.14. The summed E-state index contributed by atoms with van der Waals surface area (Å²) in [6, 6.07) is 0. The maximum atomic E-state index is 11.9. The molecule has 0 spiro atoms. The van der Waals surface area contributed by atoms with Crippen LogP contribution in [0.25, 0.3) is 0 Å². The normalized spacial score (nSPS) is 10.6. The molecule has 1 rings (SSSR count). The van der Waals surface area contributed by atoms with Gasteiger partial charge in [0.15, 0.2) is 0 Å². The summed E-state index contributed by atoms with van der Waals surface area (Å²) < 4.78 is 0. The van der Waals surface area contributed by atoms with E-state index in [0.29, 0.717) is 16.1 Å². The number of aromatic nitrogens is 2. The second-order valence-electron chi connectivity index (χ2n) is 4.07. The van der Waals surface area contributed by atoms with Crippen LogP contribution >= 0.6 is 11.3 Å². The lowest BCUT2D eigenvalue weighted by molar-refractivity contribution is 0.0788. The molecule has 1 aromatic heterocycles. The van der Waals surface area contributed by atoms with E-state index in [2.05, 4.69) is 29.4 Å². The highest BCUT2D eigenvalue weighted by atomic mass is 32.1. The van der Waals surface area contributed by atoms with Crippen LogP contribution < -0.4 is 5.32 Å². The molecule has 0 unspecified atom stereocenters. The number of nitrogens with one attached hydrogen (secondary N) is 1. The topological polar surface area (TPSA) is 58.1 Å². The van der Waals surface area contributed by atoms with Crippen LogP contribution in [-0.2, 0) is 0 Å². The molecule has 0 radical (unpaired) electrons. The van der Waals surface area contributed by atoms with Gasteiger partial charge in [0.1, 0.15) is 0 Å². The summed E-state index contributed by atoms with van der Waals surface area (Å²) in [6.45, 7) is 5.04. The van der Waals surface area contributed by atoms with Crippen molar-refractivity contribution in [2.75, 3.05) is 26.0 Å². The highest BCUT2D eigenvalue weighted by Gasteiger charge is 2.16.